The maximum Gasteiger partial charge on any atom is 0.227 e. The largest absolute Gasteiger partial charge is 0.354 e. The van der Waals surface area contributed by atoms with Crippen LogP contribution in [0.25, 0.3) is 15.9 Å². The quantitative estimate of drug-likeness (QED) is 0.625. The van der Waals surface area contributed by atoms with Gasteiger partial charge in [-0.1, -0.05) is 6.92 Å². The normalized spacial score (nSPS) is 17.3. The van der Waals surface area contributed by atoms with E-state index in [2.05, 4.69) is 36.2 Å². The average Bonchev–Trinajstić information content (AvgIpc) is 3.26. The molecule has 1 aliphatic carbocycles. The summed E-state index contributed by atoms with van der Waals surface area (Å²) in [4.78, 5) is 13.8. The molecule has 0 bridgehead atoms. The smallest absolute Gasteiger partial charge is 0.227 e. The first-order chi connectivity index (χ1) is 12.7. The van der Waals surface area contributed by atoms with E-state index in [1.807, 2.05) is 15.9 Å². The molecule has 7 heteroatoms. The minimum absolute atomic E-state index is 0.589. The van der Waals surface area contributed by atoms with Crippen LogP contribution in [0.4, 0.5) is 5.95 Å². The van der Waals surface area contributed by atoms with E-state index in [9.17, 15) is 0 Å². The van der Waals surface area contributed by atoms with Crippen molar-refractivity contribution >= 4 is 33.1 Å². The van der Waals surface area contributed by atoms with Crippen molar-refractivity contribution in [3.05, 3.63) is 16.8 Å². The van der Waals surface area contributed by atoms with Crippen molar-refractivity contribution in [1.29, 1.82) is 0 Å². The van der Waals surface area contributed by atoms with Crippen molar-refractivity contribution in [1.82, 2.24) is 19.6 Å². The first kappa shape index (κ1) is 17.7. The predicted molar refractivity (Wildman–Crippen MR) is 108 cm³/mol. The minimum Gasteiger partial charge on any atom is -0.354 e. The number of hydrogen-bond donors (Lipinski definition) is 2. The summed E-state index contributed by atoms with van der Waals surface area (Å²) in [6, 6.07) is 0. The maximum atomic E-state index is 4.93. The Morgan fingerprint density at radius 3 is 3.00 bits per heavy atom. The second-order valence-corrected chi connectivity index (χ2v) is 8.41. The SMILES string of the molecule is CC[NH+](CC)CCCNc1nc2sc3c(c2c2ncnn12)[C@@H](C)CCC3. The van der Waals surface area contributed by atoms with Crippen molar-refractivity contribution in [3.63, 3.8) is 0 Å². The molecule has 3 aromatic rings. The number of anilines is 1. The molecule has 2 N–H and O–H groups in total. The lowest BCUT2D eigenvalue weighted by Crippen LogP contribution is -3.11. The van der Waals surface area contributed by atoms with Gasteiger partial charge in [0.25, 0.3) is 0 Å². The Kier molecular flexibility index (Phi) is 5.09. The Hall–Kier alpha value is -1.73. The van der Waals surface area contributed by atoms with Crippen LogP contribution in [0.15, 0.2) is 6.33 Å². The van der Waals surface area contributed by atoms with Crippen LogP contribution in [0.3, 0.4) is 0 Å². The van der Waals surface area contributed by atoms with E-state index in [-0.39, 0.29) is 0 Å². The number of aryl methyl sites for hydroxylation is 1. The van der Waals surface area contributed by atoms with Crippen molar-refractivity contribution in [2.75, 3.05) is 31.5 Å². The molecule has 3 aromatic heterocycles. The molecule has 0 amide bonds. The molecule has 0 aliphatic heterocycles. The molecule has 26 heavy (non-hydrogen) atoms. The summed E-state index contributed by atoms with van der Waals surface area (Å²) in [6.45, 7) is 11.3. The molecule has 0 saturated heterocycles. The number of quaternary nitrogens is 1. The molecule has 0 unspecified atom stereocenters. The van der Waals surface area contributed by atoms with E-state index in [4.69, 9.17) is 4.98 Å². The van der Waals surface area contributed by atoms with Gasteiger partial charge in [0, 0.05) is 17.8 Å². The fourth-order valence-corrected chi connectivity index (χ4v) is 5.49. The second-order valence-electron chi connectivity index (χ2n) is 7.33. The van der Waals surface area contributed by atoms with Gasteiger partial charge in [-0.3, -0.25) is 0 Å². The second kappa shape index (κ2) is 7.48. The first-order valence-electron chi connectivity index (χ1n) is 9.95. The van der Waals surface area contributed by atoms with Crippen molar-refractivity contribution in [3.8, 4) is 0 Å². The number of thiophene rings is 1. The van der Waals surface area contributed by atoms with Crippen LogP contribution in [-0.2, 0) is 6.42 Å². The number of hydrogen-bond acceptors (Lipinski definition) is 5. The zero-order valence-electron chi connectivity index (χ0n) is 16.0. The Balaban J connectivity index is 1.63. The Morgan fingerprint density at radius 1 is 1.35 bits per heavy atom. The molecule has 1 aliphatic rings. The zero-order chi connectivity index (χ0) is 18.1. The van der Waals surface area contributed by atoms with Gasteiger partial charge in [0.1, 0.15) is 11.2 Å². The van der Waals surface area contributed by atoms with Crippen molar-refractivity contribution in [2.24, 2.45) is 0 Å². The predicted octanol–water partition coefficient (Wildman–Crippen LogP) is 2.51. The van der Waals surface area contributed by atoms with E-state index >= 15 is 0 Å². The fourth-order valence-electron chi connectivity index (χ4n) is 4.16. The standard InChI is InChI=1S/C19H28N6S/c1-4-24(5-2)11-7-10-20-19-23-18-16(17-21-12-22-25(17)19)15-13(3)8-6-9-14(15)26-18/h12-13H,4-11H2,1-3H3,(H,20,23)/p+1/t13-/m0/s1. The minimum atomic E-state index is 0.589. The van der Waals surface area contributed by atoms with Crippen LogP contribution in [0, 0.1) is 0 Å². The van der Waals surface area contributed by atoms with Crippen molar-refractivity contribution in [2.45, 2.75) is 52.4 Å². The molecule has 4 rings (SSSR count). The first-order valence-corrected chi connectivity index (χ1v) is 10.8. The lowest BCUT2D eigenvalue weighted by atomic mass is 9.87. The average molecular weight is 374 g/mol. The van der Waals surface area contributed by atoms with E-state index in [0.717, 1.165) is 29.4 Å². The molecule has 6 nitrogen and oxygen atoms in total. The van der Waals surface area contributed by atoms with Crippen molar-refractivity contribution < 1.29 is 4.90 Å². The lowest BCUT2D eigenvalue weighted by Gasteiger charge is -2.18. The van der Waals surface area contributed by atoms with Crippen LogP contribution < -0.4 is 10.2 Å². The molecule has 0 saturated carbocycles. The molecule has 1 atom stereocenters. The summed E-state index contributed by atoms with van der Waals surface area (Å²) in [5.74, 6) is 1.41. The third kappa shape index (κ3) is 3.07. The third-order valence-corrected chi connectivity index (χ3v) is 6.87. The van der Waals surface area contributed by atoms with E-state index in [0.29, 0.717) is 5.92 Å². The van der Waals surface area contributed by atoms with Gasteiger partial charge in [0.15, 0.2) is 5.65 Å². The summed E-state index contributed by atoms with van der Waals surface area (Å²) < 4.78 is 1.89. The van der Waals surface area contributed by atoms with E-state index in [1.54, 1.807) is 11.2 Å². The monoisotopic (exact) mass is 373 g/mol. The van der Waals surface area contributed by atoms with Gasteiger partial charge in [-0.05, 0) is 44.6 Å². The summed E-state index contributed by atoms with van der Waals surface area (Å²) in [6.07, 6.45) is 6.50. The van der Waals surface area contributed by atoms with Crippen LogP contribution in [0.5, 0.6) is 0 Å². The van der Waals surface area contributed by atoms with Gasteiger partial charge in [-0.25, -0.2) is 9.97 Å². The van der Waals surface area contributed by atoms with E-state index < -0.39 is 0 Å². The lowest BCUT2D eigenvalue weighted by molar-refractivity contribution is -0.896. The highest BCUT2D eigenvalue weighted by atomic mass is 32.1. The Bertz CT molecular complexity index is 894. The van der Waals surface area contributed by atoms with Gasteiger partial charge < -0.3 is 10.2 Å². The molecule has 0 spiro atoms. The summed E-state index contributed by atoms with van der Waals surface area (Å²) >= 11 is 1.85. The molecular weight excluding hydrogens is 344 g/mol. The van der Waals surface area contributed by atoms with Crippen LogP contribution >= 0.6 is 11.3 Å². The molecule has 140 valence electrons. The van der Waals surface area contributed by atoms with Gasteiger partial charge in [-0.15, -0.1) is 11.3 Å². The zero-order valence-corrected chi connectivity index (χ0v) is 16.8. The molecule has 3 heterocycles. The Morgan fingerprint density at radius 2 is 2.19 bits per heavy atom. The summed E-state index contributed by atoms with van der Waals surface area (Å²) in [5, 5.41) is 9.18. The van der Waals surface area contributed by atoms with Crippen LogP contribution in [0.2, 0.25) is 0 Å². The van der Waals surface area contributed by atoms with E-state index in [1.165, 1.54) is 54.7 Å². The number of fused-ring (bicyclic) bond motifs is 5. The molecule has 0 aromatic carbocycles. The third-order valence-electron chi connectivity index (χ3n) is 5.71. The highest BCUT2D eigenvalue weighted by molar-refractivity contribution is 7.19. The van der Waals surface area contributed by atoms with Crippen LogP contribution in [0.1, 0.15) is 56.4 Å². The summed E-state index contributed by atoms with van der Waals surface area (Å²) in [7, 11) is 0. The number of nitrogens with one attached hydrogen (secondary N) is 2. The number of aromatic nitrogens is 4. The molecule has 0 fully saturated rings. The van der Waals surface area contributed by atoms with Gasteiger partial charge in [-0.2, -0.15) is 9.61 Å². The molecule has 0 radical (unpaired) electrons. The number of rotatable bonds is 7. The number of nitrogens with zero attached hydrogens (tertiary/aromatic N) is 4. The maximum absolute atomic E-state index is 4.93. The van der Waals surface area contributed by atoms with Crippen LogP contribution in [-0.4, -0.2) is 45.8 Å². The molecular formula is C19H29N6S+. The Labute approximate surface area is 158 Å². The summed E-state index contributed by atoms with van der Waals surface area (Å²) in [5.41, 5.74) is 2.43. The van der Waals surface area contributed by atoms with Gasteiger partial charge >= 0.3 is 0 Å². The highest BCUT2D eigenvalue weighted by Crippen LogP contribution is 2.43. The van der Waals surface area contributed by atoms with Gasteiger partial charge in [0.05, 0.1) is 25.0 Å². The topological polar surface area (TPSA) is 59.5 Å². The fraction of sp³-hybridized carbons (Fsp3) is 0.632. The van der Waals surface area contributed by atoms with Gasteiger partial charge in [0.2, 0.25) is 5.95 Å². The highest BCUT2D eigenvalue weighted by Gasteiger charge is 2.25.